The van der Waals surface area contributed by atoms with Crippen LogP contribution in [0.15, 0.2) is 22.3 Å². The number of pyridine rings is 1. The van der Waals surface area contributed by atoms with E-state index >= 15 is 0 Å². The van der Waals surface area contributed by atoms with Gasteiger partial charge in [0.15, 0.2) is 0 Å². The van der Waals surface area contributed by atoms with E-state index in [9.17, 15) is 4.79 Å². The minimum atomic E-state index is -0.308. The van der Waals surface area contributed by atoms with E-state index in [4.69, 9.17) is 4.74 Å². The van der Waals surface area contributed by atoms with Gasteiger partial charge in [-0.1, -0.05) is 11.8 Å². The SMILES string of the molecule is CCOC(=O)C1Sc2nccc3c2C1N=CN3. The first-order valence-electron chi connectivity index (χ1n) is 5.41. The number of thioether (sulfide) groups is 1. The van der Waals surface area contributed by atoms with Crippen molar-refractivity contribution in [1.29, 1.82) is 0 Å². The van der Waals surface area contributed by atoms with Crippen molar-refractivity contribution in [3.8, 4) is 0 Å². The first-order chi connectivity index (χ1) is 8.31. The quantitative estimate of drug-likeness (QED) is 0.807. The number of esters is 1. The van der Waals surface area contributed by atoms with Crippen LogP contribution in [0.3, 0.4) is 0 Å². The highest BCUT2D eigenvalue weighted by atomic mass is 32.2. The number of aromatic nitrogens is 1. The molecule has 5 nitrogen and oxygen atoms in total. The van der Waals surface area contributed by atoms with Gasteiger partial charge in [0.2, 0.25) is 0 Å². The minimum absolute atomic E-state index is 0.168. The Balaban J connectivity index is 1.98. The maximum atomic E-state index is 11.9. The van der Waals surface area contributed by atoms with Crippen LogP contribution < -0.4 is 5.32 Å². The Hall–Kier alpha value is -1.56. The van der Waals surface area contributed by atoms with Gasteiger partial charge in [-0.15, -0.1) is 0 Å². The molecule has 3 heterocycles. The van der Waals surface area contributed by atoms with E-state index in [0.717, 1.165) is 16.3 Å². The number of hydrogen-bond acceptors (Lipinski definition) is 6. The van der Waals surface area contributed by atoms with E-state index in [-0.39, 0.29) is 17.3 Å². The molecule has 88 valence electrons. The van der Waals surface area contributed by atoms with Crippen LogP contribution in [0.25, 0.3) is 0 Å². The van der Waals surface area contributed by atoms with Crippen molar-refractivity contribution in [2.75, 3.05) is 11.9 Å². The molecule has 1 aromatic heterocycles. The lowest BCUT2D eigenvalue weighted by Gasteiger charge is -2.19. The lowest BCUT2D eigenvalue weighted by Crippen LogP contribution is -2.25. The van der Waals surface area contributed by atoms with Gasteiger partial charge in [0.25, 0.3) is 0 Å². The molecule has 6 heteroatoms. The lowest BCUT2D eigenvalue weighted by atomic mass is 10.0. The van der Waals surface area contributed by atoms with E-state index in [1.54, 1.807) is 19.5 Å². The highest BCUT2D eigenvalue weighted by Crippen LogP contribution is 2.49. The van der Waals surface area contributed by atoms with E-state index in [1.807, 2.05) is 6.07 Å². The molecular weight excluding hydrogens is 238 g/mol. The molecule has 0 saturated heterocycles. The Bertz CT molecular complexity index is 503. The fourth-order valence-electron chi connectivity index (χ4n) is 2.04. The first-order valence-corrected chi connectivity index (χ1v) is 6.29. The summed E-state index contributed by atoms with van der Waals surface area (Å²) in [5.41, 5.74) is 1.99. The standard InChI is InChI=1S/C11H11N3O2S/c1-2-16-11(15)9-8-7-6(13-5-14-8)3-4-12-10(7)17-9/h3-5,8-9H,2H2,1H3,(H,13,14). The van der Waals surface area contributed by atoms with Gasteiger partial charge in [0.05, 0.1) is 12.9 Å². The third-order valence-corrected chi connectivity index (χ3v) is 4.00. The Morgan fingerprint density at radius 3 is 3.35 bits per heavy atom. The molecule has 0 radical (unpaired) electrons. The van der Waals surface area contributed by atoms with E-state index in [2.05, 4.69) is 15.3 Å². The molecule has 2 aliphatic rings. The van der Waals surface area contributed by atoms with Gasteiger partial charge < -0.3 is 10.1 Å². The van der Waals surface area contributed by atoms with Gasteiger partial charge in [0.1, 0.15) is 16.3 Å². The maximum absolute atomic E-state index is 11.9. The average molecular weight is 249 g/mol. The summed E-state index contributed by atoms with van der Waals surface area (Å²) in [6.45, 7) is 2.20. The smallest absolute Gasteiger partial charge is 0.322 e. The molecule has 17 heavy (non-hydrogen) atoms. The fourth-order valence-corrected chi connectivity index (χ4v) is 3.26. The highest BCUT2D eigenvalue weighted by molar-refractivity contribution is 8.01. The van der Waals surface area contributed by atoms with Crippen molar-refractivity contribution in [2.24, 2.45) is 4.99 Å². The number of anilines is 1. The van der Waals surface area contributed by atoms with Crippen LogP contribution in [0, 0.1) is 0 Å². The maximum Gasteiger partial charge on any atom is 0.322 e. The van der Waals surface area contributed by atoms with Crippen molar-refractivity contribution in [3.05, 3.63) is 17.8 Å². The second-order valence-electron chi connectivity index (χ2n) is 3.74. The van der Waals surface area contributed by atoms with Crippen LogP contribution in [-0.4, -0.2) is 29.1 Å². The summed E-state index contributed by atoms with van der Waals surface area (Å²) in [6, 6.07) is 1.73. The predicted octanol–water partition coefficient (Wildman–Crippen LogP) is 1.61. The molecule has 0 amide bonds. The van der Waals surface area contributed by atoms with Gasteiger partial charge in [-0.05, 0) is 13.0 Å². The van der Waals surface area contributed by atoms with Gasteiger partial charge >= 0.3 is 5.97 Å². The topological polar surface area (TPSA) is 63.6 Å². The molecule has 0 aliphatic carbocycles. The van der Waals surface area contributed by atoms with Crippen LogP contribution in [0.5, 0.6) is 0 Å². The van der Waals surface area contributed by atoms with E-state index in [0.29, 0.717) is 6.61 Å². The zero-order valence-electron chi connectivity index (χ0n) is 9.21. The zero-order valence-corrected chi connectivity index (χ0v) is 10.0. The third-order valence-electron chi connectivity index (χ3n) is 2.75. The number of aliphatic imine (C=N–C) groups is 1. The molecule has 1 N–H and O–H groups in total. The molecular formula is C11H11N3O2S. The van der Waals surface area contributed by atoms with Crippen molar-refractivity contribution >= 4 is 29.8 Å². The Labute approximate surface area is 103 Å². The summed E-state index contributed by atoms with van der Waals surface area (Å²) < 4.78 is 5.07. The molecule has 2 aliphatic heterocycles. The normalized spacial score (nSPS) is 24.1. The molecule has 0 saturated carbocycles. The van der Waals surface area contributed by atoms with Gasteiger partial charge in [-0.25, -0.2) is 4.98 Å². The van der Waals surface area contributed by atoms with Crippen molar-refractivity contribution in [2.45, 2.75) is 23.2 Å². The third kappa shape index (κ3) is 1.59. The molecule has 3 rings (SSSR count). The lowest BCUT2D eigenvalue weighted by molar-refractivity contribution is -0.142. The number of carbonyl (C=O) groups excluding carboxylic acids is 1. The van der Waals surface area contributed by atoms with Crippen LogP contribution in [-0.2, 0) is 9.53 Å². The van der Waals surface area contributed by atoms with Crippen LogP contribution >= 0.6 is 11.8 Å². The summed E-state index contributed by atoms with van der Waals surface area (Å²) in [5.74, 6) is -0.217. The number of nitrogens with one attached hydrogen (secondary N) is 1. The summed E-state index contributed by atoms with van der Waals surface area (Å²) in [4.78, 5) is 20.5. The molecule has 2 atom stereocenters. The summed E-state index contributed by atoms with van der Waals surface area (Å²) in [5, 5.41) is 3.63. The molecule has 0 aromatic carbocycles. The first kappa shape index (κ1) is 10.6. The van der Waals surface area contributed by atoms with Gasteiger partial charge in [0, 0.05) is 17.4 Å². The number of hydrogen-bond donors (Lipinski definition) is 1. The average Bonchev–Trinajstić information content (AvgIpc) is 2.72. The Morgan fingerprint density at radius 1 is 1.65 bits per heavy atom. The second-order valence-corrected chi connectivity index (χ2v) is 4.87. The molecule has 0 fully saturated rings. The molecule has 0 bridgehead atoms. The van der Waals surface area contributed by atoms with Crippen LogP contribution in [0.2, 0.25) is 0 Å². The molecule has 1 aromatic rings. The number of ether oxygens (including phenoxy) is 1. The number of carbonyl (C=O) groups is 1. The minimum Gasteiger partial charge on any atom is -0.465 e. The fraction of sp³-hybridized carbons (Fsp3) is 0.364. The monoisotopic (exact) mass is 249 g/mol. The predicted molar refractivity (Wildman–Crippen MR) is 65.4 cm³/mol. The summed E-state index contributed by atoms with van der Waals surface area (Å²) in [6.07, 6.45) is 3.37. The van der Waals surface area contributed by atoms with Crippen molar-refractivity contribution < 1.29 is 9.53 Å². The number of rotatable bonds is 2. The summed E-state index contributed by atoms with van der Waals surface area (Å²) in [7, 11) is 0. The summed E-state index contributed by atoms with van der Waals surface area (Å²) >= 11 is 1.43. The van der Waals surface area contributed by atoms with Gasteiger partial charge in [-0.3, -0.25) is 9.79 Å². The molecule has 0 spiro atoms. The Morgan fingerprint density at radius 2 is 2.53 bits per heavy atom. The second kappa shape index (κ2) is 4.03. The van der Waals surface area contributed by atoms with E-state index in [1.165, 1.54) is 11.8 Å². The largest absolute Gasteiger partial charge is 0.465 e. The Kier molecular flexibility index (Phi) is 2.51. The van der Waals surface area contributed by atoms with E-state index < -0.39 is 0 Å². The van der Waals surface area contributed by atoms with Crippen molar-refractivity contribution in [3.63, 3.8) is 0 Å². The highest BCUT2D eigenvalue weighted by Gasteiger charge is 2.42. The zero-order chi connectivity index (χ0) is 11.8. The number of nitrogens with zero attached hydrogens (tertiary/aromatic N) is 2. The van der Waals surface area contributed by atoms with Gasteiger partial charge in [-0.2, -0.15) is 0 Å². The molecule has 2 unspecified atom stereocenters. The van der Waals surface area contributed by atoms with Crippen molar-refractivity contribution in [1.82, 2.24) is 4.98 Å². The van der Waals surface area contributed by atoms with Crippen LogP contribution in [0.1, 0.15) is 18.5 Å². The van der Waals surface area contributed by atoms with Crippen LogP contribution in [0.4, 0.5) is 5.69 Å².